The molecular formula is C18H24O6. The Hall–Kier alpha value is -2.34. The van der Waals surface area contributed by atoms with E-state index in [1.54, 1.807) is 26.0 Å². The molecule has 2 heterocycles. The Labute approximate surface area is 142 Å². The van der Waals surface area contributed by atoms with Crippen LogP contribution in [0.3, 0.4) is 0 Å². The topological polar surface area (TPSA) is 75.0 Å². The van der Waals surface area contributed by atoms with Crippen molar-refractivity contribution in [2.45, 2.75) is 39.4 Å². The van der Waals surface area contributed by atoms with Gasteiger partial charge in [0.15, 0.2) is 0 Å². The summed E-state index contributed by atoms with van der Waals surface area (Å²) in [5.74, 6) is -0.0958. The smallest absolute Gasteiger partial charge is 0.333 e. The Morgan fingerprint density at radius 1 is 1.21 bits per heavy atom. The second-order valence-corrected chi connectivity index (χ2v) is 5.45. The van der Waals surface area contributed by atoms with E-state index in [0.29, 0.717) is 23.5 Å². The first kappa shape index (κ1) is 19.7. The summed E-state index contributed by atoms with van der Waals surface area (Å²) < 4.78 is 20.0. The maximum absolute atomic E-state index is 10.9. The first-order valence-electron chi connectivity index (χ1n) is 7.69. The fraction of sp³-hybridized carbons (Fsp3) is 0.444. The summed E-state index contributed by atoms with van der Waals surface area (Å²) in [5, 5.41) is 0. The van der Waals surface area contributed by atoms with Gasteiger partial charge < -0.3 is 18.6 Å². The molecule has 1 atom stereocenters. The molecule has 132 valence electrons. The molecule has 6 heteroatoms. The Balaban J connectivity index is 0.000000240. The molecule has 1 aromatic heterocycles. The molecule has 0 amide bonds. The second kappa shape index (κ2) is 10.4. The van der Waals surface area contributed by atoms with Crippen molar-refractivity contribution in [2.75, 3.05) is 13.2 Å². The summed E-state index contributed by atoms with van der Waals surface area (Å²) in [4.78, 5) is 21.8. The SMILES string of the molecule is C=C(C)C(=O)OCC1CCCO1.C=C(C)C(=O)OCc1ccco1. The van der Waals surface area contributed by atoms with Crippen LogP contribution in [0, 0.1) is 0 Å². The molecule has 0 aliphatic carbocycles. The van der Waals surface area contributed by atoms with Crippen LogP contribution < -0.4 is 0 Å². The highest BCUT2D eigenvalue weighted by Gasteiger charge is 2.17. The average Bonchev–Trinajstić information content (AvgIpc) is 3.23. The van der Waals surface area contributed by atoms with E-state index in [2.05, 4.69) is 13.2 Å². The molecule has 1 aliphatic heterocycles. The van der Waals surface area contributed by atoms with Gasteiger partial charge in [0.05, 0.1) is 12.4 Å². The van der Waals surface area contributed by atoms with Crippen LogP contribution in [0.15, 0.2) is 47.1 Å². The van der Waals surface area contributed by atoms with Crippen LogP contribution in [-0.2, 0) is 30.4 Å². The van der Waals surface area contributed by atoms with E-state index in [1.165, 1.54) is 6.26 Å². The van der Waals surface area contributed by atoms with Crippen LogP contribution in [0.2, 0.25) is 0 Å². The fourth-order valence-corrected chi connectivity index (χ4v) is 1.72. The molecule has 0 aromatic carbocycles. The maximum atomic E-state index is 10.9. The van der Waals surface area contributed by atoms with Gasteiger partial charge in [-0.05, 0) is 38.8 Å². The largest absolute Gasteiger partial charge is 0.466 e. The fourth-order valence-electron chi connectivity index (χ4n) is 1.72. The lowest BCUT2D eigenvalue weighted by atomic mass is 10.2. The molecule has 1 unspecified atom stereocenters. The van der Waals surface area contributed by atoms with Crippen molar-refractivity contribution >= 4 is 11.9 Å². The lowest BCUT2D eigenvalue weighted by molar-refractivity contribution is -0.142. The van der Waals surface area contributed by atoms with Gasteiger partial charge in [0.2, 0.25) is 0 Å². The van der Waals surface area contributed by atoms with Crippen LogP contribution in [-0.4, -0.2) is 31.3 Å². The zero-order valence-corrected chi connectivity index (χ0v) is 14.2. The quantitative estimate of drug-likeness (QED) is 0.587. The summed E-state index contributed by atoms with van der Waals surface area (Å²) in [6.07, 6.45) is 3.69. The normalized spacial score (nSPS) is 15.8. The van der Waals surface area contributed by atoms with Gasteiger partial charge >= 0.3 is 11.9 Å². The Kier molecular flexibility index (Phi) is 8.57. The minimum absolute atomic E-state index is 0.105. The molecule has 0 N–H and O–H groups in total. The van der Waals surface area contributed by atoms with Crippen molar-refractivity contribution in [1.29, 1.82) is 0 Å². The zero-order valence-electron chi connectivity index (χ0n) is 14.2. The predicted molar refractivity (Wildman–Crippen MR) is 88.1 cm³/mol. The maximum Gasteiger partial charge on any atom is 0.333 e. The van der Waals surface area contributed by atoms with E-state index in [4.69, 9.17) is 18.6 Å². The van der Waals surface area contributed by atoms with Gasteiger partial charge in [-0.3, -0.25) is 0 Å². The third-order valence-electron chi connectivity index (χ3n) is 3.05. The van der Waals surface area contributed by atoms with Crippen LogP contribution in [0.1, 0.15) is 32.4 Å². The van der Waals surface area contributed by atoms with E-state index in [0.717, 1.165) is 19.4 Å². The zero-order chi connectivity index (χ0) is 17.9. The first-order valence-corrected chi connectivity index (χ1v) is 7.69. The molecule has 1 aliphatic rings. The molecule has 1 aromatic rings. The Morgan fingerprint density at radius 2 is 1.88 bits per heavy atom. The molecule has 0 saturated carbocycles. The van der Waals surface area contributed by atoms with Gasteiger partial charge in [0.1, 0.15) is 19.0 Å². The van der Waals surface area contributed by atoms with Crippen LogP contribution in [0.5, 0.6) is 0 Å². The van der Waals surface area contributed by atoms with E-state index in [1.807, 2.05) is 0 Å². The first-order chi connectivity index (χ1) is 11.4. The third kappa shape index (κ3) is 7.78. The van der Waals surface area contributed by atoms with Gasteiger partial charge in [-0.1, -0.05) is 13.2 Å². The van der Waals surface area contributed by atoms with Gasteiger partial charge in [-0.15, -0.1) is 0 Å². The number of rotatable bonds is 6. The third-order valence-corrected chi connectivity index (χ3v) is 3.05. The van der Waals surface area contributed by atoms with E-state index < -0.39 is 5.97 Å². The summed E-state index contributed by atoms with van der Waals surface area (Å²) >= 11 is 0. The van der Waals surface area contributed by atoms with Crippen molar-refractivity contribution in [3.8, 4) is 0 Å². The van der Waals surface area contributed by atoms with E-state index in [9.17, 15) is 9.59 Å². The van der Waals surface area contributed by atoms with E-state index >= 15 is 0 Å². The van der Waals surface area contributed by atoms with Crippen molar-refractivity contribution in [1.82, 2.24) is 0 Å². The summed E-state index contributed by atoms with van der Waals surface area (Å²) in [6, 6.07) is 3.48. The summed E-state index contributed by atoms with van der Waals surface area (Å²) in [5.41, 5.74) is 0.828. The Morgan fingerprint density at radius 3 is 2.38 bits per heavy atom. The number of furan rings is 1. The molecular weight excluding hydrogens is 312 g/mol. The van der Waals surface area contributed by atoms with E-state index in [-0.39, 0.29) is 18.7 Å². The number of hydrogen-bond acceptors (Lipinski definition) is 6. The summed E-state index contributed by atoms with van der Waals surface area (Å²) in [6.45, 7) is 11.5. The van der Waals surface area contributed by atoms with Gasteiger partial charge in [0.25, 0.3) is 0 Å². The molecule has 1 fully saturated rings. The molecule has 0 spiro atoms. The highest BCUT2D eigenvalue weighted by molar-refractivity contribution is 5.87. The Bertz CT molecular complexity index is 552. The van der Waals surface area contributed by atoms with Gasteiger partial charge in [0, 0.05) is 17.8 Å². The van der Waals surface area contributed by atoms with Crippen LogP contribution in [0.25, 0.3) is 0 Å². The predicted octanol–water partition coefficient (Wildman–Crippen LogP) is 3.18. The van der Waals surface area contributed by atoms with Crippen molar-refractivity contribution in [2.24, 2.45) is 0 Å². The molecule has 24 heavy (non-hydrogen) atoms. The van der Waals surface area contributed by atoms with Crippen LogP contribution in [0.4, 0.5) is 0 Å². The number of esters is 2. The molecule has 0 bridgehead atoms. The standard InChI is InChI=1S/C9H14O3.C9H10O3/c2*1-7(2)9(10)12-6-8-4-3-5-11-8/h8H,1,3-6H2,2H3;3-5H,1,6H2,2H3. The molecule has 2 rings (SSSR count). The molecule has 0 radical (unpaired) electrons. The second-order valence-electron chi connectivity index (χ2n) is 5.45. The monoisotopic (exact) mass is 336 g/mol. The number of carbonyl (C=O) groups is 2. The summed E-state index contributed by atoms with van der Waals surface area (Å²) in [7, 11) is 0. The minimum atomic E-state index is -0.397. The minimum Gasteiger partial charge on any atom is -0.466 e. The highest BCUT2D eigenvalue weighted by Crippen LogP contribution is 2.12. The van der Waals surface area contributed by atoms with Crippen molar-refractivity contribution in [3.05, 3.63) is 48.5 Å². The van der Waals surface area contributed by atoms with Crippen LogP contribution >= 0.6 is 0 Å². The van der Waals surface area contributed by atoms with Crippen molar-refractivity contribution < 1.29 is 28.2 Å². The molecule has 6 nitrogen and oxygen atoms in total. The molecule has 1 saturated heterocycles. The number of carbonyl (C=O) groups excluding carboxylic acids is 2. The highest BCUT2D eigenvalue weighted by atomic mass is 16.6. The van der Waals surface area contributed by atoms with Crippen molar-refractivity contribution in [3.63, 3.8) is 0 Å². The lowest BCUT2D eigenvalue weighted by Crippen LogP contribution is -2.17. The van der Waals surface area contributed by atoms with Gasteiger partial charge in [-0.25, -0.2) is 9.59 Å². The lowest BCUT2D eigenvalue weighted by Gasteiger charge is -2.09. The average molecular weight is 336 g/mol. The number of hydrogen-bond donors (Lipinski definition) is 0. The number of ether oxygens (including phenoxy) is 3. The van der Waals surface area contributed by atoms with Gasteiger partial charge in [-0.2, -0.15) is 0 Å².